The van der Waals surface area contributed by atoms with Crippen LogP contribution in [-0.4, -0.2) is 0 Å². The second-order valence-corrected chi connectivity index (χ2v) is 9.95. The van der Waals surface area contributed by atoms with Crippen LogP contribution in [0.15, 0.2) is 18.2 Å². The molecule has 2 heteroatoms. The maximum Gasteiger partial charge on any atom is 0.0441 e. The molecule has 0 heterocycles. The molecule has 0 radical (unpaired) electrons. The Labute approximate surface area is 187 Å². The summed E-state index contributed by atoms with van der Waals surface area (Å²) in [6, 6.07) is 6.15. The summed E-state index contributed by atoms with van der Waals surface area (Å²) in [6.45, 7) is 6.42. The molecule has 0 atom stereocenters. The summed E-state index contributed by atoms with van der Waals surface area (Å²) in [5.41, 5.74) is 8.46. The predicted molar refractivity (Wildman–Crippen MR) is 132 cm³/mol. The number of hydrogen-bond acceptors (Lipinski definition) is 1. The van der Waals surface area contributed by atoms with Crippen molar-refractivity contribution in [1.29, 1.82) is 0 Å². The molecule has 0 unspecified atom stereocenters. The summed E-state index contributed by atoms with van der Waals surface area (Å²) < 4.78 is 0. The van der Waals surface area contributed by atoms with Crippen molar-refractivity contribution in [1.82, 2.24) is 0 Å². The molecule has 0 aliphatic carbocycles. The molecule has 0 spiro atoms. The molecule has 0 saturated heterocycles. The molecule has 2 N–H and O–H groups in total. The Morgan fingerprint density at radius 2 is 1.10 bits per heavy atom. The van der Waals surface area contributed by atoms with Crippen molar-refractivity contribution in [3.05, 3.63) is 34.3 Å². The van der Waals surface area contributed by atoms with Crippen molar-refractivity contribution in [2.75, 3.05) is 0 Å². The number of unbranched alkanes of at least 4 members (excludes halogenated alkanes) is 15. The molecule has 1 nitrogen and oxygen atoms in total. The number of nitrogens with two attached hydrogens (primary N) is 1. The monoisotopic (exact) mass is 421 g/mol. The fourth-order valence-corrected chi connectivity index (χ4v) is 4.54. The smallest absolute Gasteiger partial charge is 0.0441 e. The van der Waals surface area contributed by atoms with Crippen LogP contribution >= 0.6 is 11.6 Å². The van der Waals surface area contributed by atoms with Gasteiger partial charge in [0, 0.05) is 10.6 Å². The largest absolute Gasteiger partial charge is 0.322 e. The Morgan fingerprint density at radius 1 is 0.690 bits per heavy atom. The van der Waals surface area contributed by atoms with Gasteiger partial charge in [0.25, 0.3) is 0 Å². The third-order valence-corrected chi connectivity index (χ3v) is 6.45. The van der Waals surface area contributed by atoms with Crippen molar-refractivity contribution in [2.45, 2.75) is 135 Å². The SMILES string of the molecule is CCCCCCCCCCCCCCCCCCc1c(Cl)cccc1C(C)(C)N. The number of rotatable bonds is 18. The van der Waals surface area contributed by atoms with Gasteiger partial charge in [0.05, 0.1) is 0 Å². The Hall–Kier alpha value is -0.530. The van der Waals surface area contributed by atoms with Gasteiger partial charge in [-0.1, -0.05) is 127 Å². The van der Waals surface area contributed by atoms with Gasteiger partial charge in [-0.3, -0.25) is 0 Å². The van der Waals surface area contributed by atoms with Crippen LogP contribution in [0.5, 0.6) is 0 Å². The molecule has 0 amide bonds. The van der Waals surface area contributed by atoms with Gasteiger partial charge in [0.2, 0.25) is 0 Å². The molecular weight excluding hydrogens is 374 g/mol. The molecule has 0 aromatic heterocycles. The van der Waals surface area contributed by atoms with Crippen LogP contribution in [0, 0.1) is 0 Å². The van der Waals surface area contributed by atoms with Crippen LogP contribution in [0.4, 0.5) is 0 Å². The molecule has 29 heavy (non-hydrogen) atoms. The lowest BCUT2D eigenvalue weighted by atomic mass is 9.88. The molecule has 0 saturated carbocycles. The lowest BCUT2D eigenvalue weighted by molar-refractivity contribution is 0.527. The van der Waals surface area contributed by atoms with Gasteiger partial charge in [-0.15, -0.1) is 0 Å². The molecule has 1 aromatic carbocycles. The van der Waals surface area contributed by atoms with E-state index in [4.69, 9.17) is 17.3 Å². The van der Waals surface area contributed by atoms with Gasteiger partial charge < -0.3 is 5.73 Å². The minimum atomic E-state index is -0.324. The topological polar surface area (TPSA) is 26.0 Å². The standard InChI is InChI=1S/C27H48ClN/c1-4-5-6-7-8-9-10-11-12-13-14-15-16-17-18-19-21-24-25(27(2,3)29)22-20-23-26(24)28/h20,22-23H,4-19,21,29H2,1-3H3. The average molecular weight is 422 g/mol. The average Bonchev–Trinajstić information content (AvgIpc) is 2.67. The van der Waals surface area contributed by atoms with E-state index < -0.39 is 0 Å². The normalized spacial score (nSPS) is 11.9. The maximum absolute atomic E-state index is 6.45. The first-order valence-electron chi connectivity index (χ1n) is 12.5. The van der Waals surface area contributed by atoms with E-state index in [1.54, 1.807) is 0 Å². The van der Waals surface area contributed by atoms with Gasteiger partial charge >= 0.3 is 0 Å². The summed E-state index contributed by atoms with van der Waals surface area (Å²) >= 11 is 6.45. The number of benzene rings is 1. The quantitative estimate of drug-likeness (QED) is 0.234. The van der Waals surface area contributed by atoms with E-state index in [1.165, 1.54) is 114 Å². The first kappa shape index (κ1) is 26.5. The van der Waals surface area contributed by atoms with Crippen LogP contribution in [0.2, 0.25) is 5.02 Å². The highest BCUT2D eigenvalue weighted by Gasteiger charge is 2.19. The van der Waals surface area contributed by atoms with Crippen LogP contribution in [-0.2, 0) is 12.0 Å². The number of halogens is 1. The van der Waals surface area contributed by atoms with Crippen molar-refractivity contribution in [3.63, 3.8) is 0 Å². The lowest BCUT2D eigenvalue weighted by Gasteiger charge is -2.23. The lowest BCUT2D eigenvalue weighted by Crippen LogP contribution is -2.30. The fraction of sp³-hybridized carbons (Fsp3) is 0.778. The van der Waals surface area contributed by atoms with Gasteiger partial charge in [0.15, 0.2) is 0 Å². The molecule has 1 rings (SSSR count). The molecular formula is C27H48ClN. The highest BCUT2D eigenvalue weighted by molar-refractivity contribution is 6.31. The third-order valence-electron chi connectivity index (χ3n) is 6.09. The highest BCUT2D eigenvalue weighted by Crippen LogP contribution is 2.29. The van der Waals surface area contributed by atoms with Gasteiger partial charge in [-0.25, -0.2) is 0 Å². The van der Waals surface area contributed by atoms with E-state index in [9.17, 15) is 0 Å². The molecule has 0 aliphatic rings. The molecule has 0 bridgehead atoms. The second-order valence-electron chi connectivity index (χ2n) is 9.54. The Balaban J connectivity index is 1.97. The zero-order valence-electron chi connectivity index (χ0n) is 19.7. The molecule has 0 fully saturated rings. The summed E-state index contributed by atoms with van der Waals surface area (Å²) in [6.07, 6.45) is 23.5. The van der Waals surface area contributed by atoms with Gasteiger partial charge in [-0.05, 0) is 43.9 Å². The minimum absolute atomic E-state index is 0.324. The van der Waals surface area contributed by atoms with E-state index in [0.717, 1.165) is 11.4 Å². The van der Waals surface area contributed by atoms with Crippen LogP contribution < -0.4 is 5.73 Å². The third kappa shape index (κ3) is 12.7. The van der Waals surface area contributed by atoms with Crippen LogP contribution in [0.1, 0.15) is 135 Å². The minimum Gasteiger partial charge on any atom is -0.322 e. The van der Waals surface area contributed by atoms with E-state index in [0.29, 0.717) is 0 Å². The summed E-state index contributed by atoms with van der Waals surface area (Å²) in [4.78, 5) is 0. The fourth-order valence-electron chi connectivity index (χ4n) is 4.27. The first-order chi connectivity index (χ1) is 14.0. The van der Waals surface area contributed by atoms with E-state index in [2.05, 4.69) is 26.8 Å². The summed E-state index contributed by atoms with van der Waals surface area (Å²) in [5.74, 6) is 0. The van der Waals surface area contributed by atoms with Crippen LogP contribution in [0.3, 0.4) is 0 Å². The summed E-state index contributed by atoms with van der Waals surface area (Å²) in [5, 5.41) is 0.877. The Kier molecular flexibility index (Phi) is 14.8. The molecule has 168 valence electrons. The first-order valence-corrected chi connectivity index (χ1v) is 12.9. The Bertz CT molecular complexity index is 518. The number of hydrogen-bond donors (Lipinski definition) is 1. The van der Waals surface area contributed by atoms with E-state index >= 15 is 0 Å². The van der Waals surface area contributed by atoms with Gasteiger partial charge in [0.1, 0.15) is 0 Å². The second kappa shape index (κ2) is 16.2. The van der Waals surface area contributed by atoms with Gasteiger partial charge in [-0.2, -0.15) is 0 Å². The van der Waals surface area contributed by atoms with Crippen molar-refractivity contribution >= 4 is 11.6 Å². The maximum atomic E-state index is 6.45. The molecule has 0 aliphatic heterocycles. The Morgan fingerprint density at radius 3 is 1.52 bits per heavy atom. The van der Waals surface area contributed by atoms with Crippen molar-refractivity contribution in [3.8, 4) is 0 Å². The van der Waals surface area contributed by atoms with Crippen molar-refractivity contribution in [2.24, 2.45) is 5.73 Å². The van der Waals surface area contributed by atoms with Crippen molar-refractivity contribution < 1.29 is 0 Å². The van der Waals surface area contributed by atoms with E-state index in [1.807, 2.05) is 12.1 Å². The predicted octanol–water partition coefficient (Wildman–Crippen LogP) is 9.34. The molecule has 1 aromatic rings. The van der Waals surface area contributed by atoms with E-state index in [-0.39, 0.29) is 5.54 Å². The zero-order chi connectivity index (χ0) is 21.4. The van der Waals surface area contributed by atoms with Crippen LogP contribution in [0.25, 0.3) is 0 Å². The highest BCUT2D eigenvalue weighted by atomic mass is 35.5. The zero-order valence-corrected chi connectivity index (χ0v) is 20.5. The summed E-state index contributed by atoms with van der Waals surface area (Å²) in [7, 11) is 0.